The molecule has 3 heterocycles. The minimum Gasteiger partial charge on any atom is -0.336 e. The van der Waals surface area contributed by atoms with Crippen molar-refractivity contribution in [2.75, 3.05) is 26.2 Å². The van der Waals surface area contributed by atoms with Crippen molar-refractivity contribution in [3.8, 4) is 11.3 Å². The highest BCUT2D eigenvalue weighted by Gasteiger charge is 2.27. The number of carbonyl (C=O) groups excluding carboxylic acids is 1. The zero-order chi connectivity index (χ0) is 24.5. The molecular weight excluding hydrogens is 455 g/mol. The average Bonchev–Trinajstić information content (AvgIpc) is 3.28. The van der Waals surface area contributed by atoms with Crippen molar-refractivity contribution in [3.63, 3.8) is 0 Å². The zero-order valence-corrected chi connectivity index (χ0v) is 19.2. The zero-order valence-electron chi connectivity index (χ0n) is 19.2. The normalized spacial score (nSPS) is 14.7. The summed E-state index contributed by atoms with van der Waals surface area (Å²) in [5, 5.41) is 4.04. The first-order valence-electron chi connectivity index (χ1n) is 11.4. The molecule has 1 aliphatic rings. The van der Waals surface area contributed by atoms with E-state index in [1.54, 1.807) is 4.90 Å². The number of aromatic nitrogens is 3. The quantitative estimate of drug-likeness (QED) is 0.415. The molecule has 0 saturated carbocycles. The van der Waals surface area contributed by atoms with Crippen LogP contribution in [0.5, 0.6) is 0 Å². The third-order valence-corrected chi connectivity index (χ3v) is 6.24. The molecule has 0 aliphatic carbocycles. The van der Waals surface area contributed by atoms with Crippen LogP contribution in [0.2, 0.25) is 0 Å². The van der Waals surface area contributed by atoms with Crippen LogP contribution in [0.4, 0.5) is 13.2 Å². The molecule has 1 fully saturated rings. The fraction of sp³-hybridized carbons (Fsp3) is 0.269. The number of aryl methyl sites for hydroxylation is 1. The number of alkyl halides is 2. The molecule has 0 unspecified atom stereocenters. The van der Waals surface area contributed by atoms with E-state index in [0.29, 0.717) is 31.7 Å². The van der Waals surface area contributed by atoms with E-state index >= 15 is 0 Å². The molecule has 1 amide bonds. The molecule has 0 N–H and O–H groups in total. The van der Waals surface area contributed by atoms with E-state index in [9.17, 15) is 18.0 Å². The number of piperazine rings is 1. The van der Waals surface area contributed by atoms with Gasteiger partial charge in [0.2, 0.25) is 0 Å². The van der Waals surface area contributed by atoms with Crippen molar-refractivity contribution < 1.29 is 18.0 Å². The Morgan fingerprint density at radius 2 is 1.77 bits per heavy atom. The second kappa shape index (κ2) is 9.50. The summed E-state index contributed by atoms with van der Waals surface area (Å²) < 4.78 is 42.0. The Morgan fingerprint density at radius 3 is 2.46 bits per heavy atom. The number of hydrogen-bond donors (Lipinski definition) is 0. The first kappa shape index (κ1) is 23.0. The van der Waals surface area contributed by atoms with Gasteiger partial charge >= 0.3 is 0 Å². The van der Waals surface area contributed by atoms with Gasteiger partial charge < -0.3 is 4.90 Å². The molecule has 9 heteroatoms. The summed E-state index contributed by atoms with van der Waals surface area (Å²) >= 11 is 0. The minimum atomic E-state index is -2.83. The van der Waals surface area contributed by atoms with E-state index in [-0.39, 0.29) is 28.5 Å². The van der Waals surface area contributed by atoms with Gasteiger partial charge in [-0.1, -0.05) is 29.8 Å². The van der Waals surface area contributed by atoms with Crippen molar-refractivity contribution in [2.24, 2.45) is 0 Å². The van der Waals surface area contributed by atoms with E-state index in [2.05, 4.69) is 40.1 Å². The lowest BCUT2D eigenvalue weighted by molar-refractivity contribution is 0.0630. The second-order valence-corrected chi connectivity index (χ2v) is 8.72. The number of rotatable bonds is 5. The highest BCUT2D eigenvalue weighted by molar-refractivity contribution is 6.00. The lowest BCUT2D eigenvalue weighted by Crippen LogP contribution is -2.48. The molecule has 1 saturated heterocycles. The largest absolute Gasteiger partial charge is 0.336 e. The van der Waals surface area contributed by atoms with Crippen LogP contribution in [0.1, 0.15) is 33.6 Å². The van der Waals surface area contributed by atoms with Crippen LogP contribution in [-0.2, 0) is 6.54 Å². The van der Waals surface area contributed by atoms with Crippen LogP contribution < -0.4 is 0 Å². The van der Waals surface area contributed by atoms with Gasteiger partial charge in [-0.3, -0.25) is 9.69 Å². The maximum atomic E-state index is 13.8. The average molecular weight is 480 g/mol. The Morgan fingerprint density at radius 1 is 1.03 bits per heavy atom. The van der Waals surface area contributed by atoms with Crippen molar-refractivity contribution >= 4 is 11.6 Å². The Kier molecular flexibility index (Phi) is 6.25. The van der Waals surface area contributed by atoms with Crippen LogP contribution in [-0.4, -0.2) is 56.5 Å². The maximum Gasteiger partial charge on any atom is 0.280 e. The smallest absolute Gasteiger partial charge is 0.280 e. The van der Waals surface area contributed by atoms with Crippen LogP contribution in [0.3, 0.4) is 0 Å². The summed E-state index contributed by atoms with van der Waals surface area (Å²) in [5.41, 5.74) is 2.99. The summed E-state index contributed by atoms with van der Waals surface area (Å²) in [6.07, 6.45) is -1.53. The summed E-state index contributed by atoms with van der Waals surface area (Å²) in [7, 11) is 0. The molecule has 1 aliphatic heterocycles. The molecule has 180 valence electrons. The standard InChI is InChI=1S/C26H24F3N5O/c1-17-3-2-4-18(13-17)16-32-9-11-33(12-10-32)26(35)21-15-30-34-23(24(28)29)14-22(31-25(21)34)19-5-7-20(27)8-6-19/h2-8,13-15,24H,9-12,16H2,1H3. The highest BCUT2D eigenvalue weighted by Crippen LogP contribution is 2.27. The van der Waals surface area contributed by atoms with E-state index < -0.39 is 12.2 Å². The molecule has 5 rings (SSSR count). The fourth-order valence-electron chi connectivity index (χ4n) is 4.41. The third kappa shape index (κ3) is 4.77. The number of amides is 1. The second-order valence-electron chi connectivity index (χ2n) is 8.72. The van der Waals surface area contributed by atoms with Gasteiger partial charge in [-0.25, -0.2) is 22.7 Å². The van der Waals surface area contributed by atoms with Gasteiger partial charge in [0.05, 0.1) is 11.9 Å². The van der Waals surface area contributed by atoms with Crippen molar-refractivity contribution in [1.29, 1.82) is 0 Å². The van der Waals surface area contributed by atoms with Gasteiger partial charge in [0.15, 0.2) is 5.65 Å². The highest BCUT2D eigenvalue weighted by atomic mass is 19.3. The number of nitrogens with zero attached hydrogens (tertiary/aromatic N) is 5. The van der Waals surface area contributed by atoms with Crippen molar-refractivity contribution in [2.45, 2.75) is 19.9 Å². The molecular formula is C26H24F3N5O. The molecule has 2 aromatic heterocycles. The first-order valence-corrected chi connectivity index (χ1v) is 11.4. The lowest BCUT2D eigenvalue weighted by Gasteiger charge is -2.34. The van der Waals surface area contributed by atoms with E-state index in [1.165, 1.54) is 47.7 Å². The summed E-state index contributed by atoms with van der Waals surface area (Å²) in [4.78, 5) is 21.8. The molecule has 0 radical (unpaired) electrons. The van der Waals surface area contributed by atoms with Crippen LogP contribution in [0.15, 0.2) is 60.8 Å². The Hall–Kier alpha value is -3.72. The number of carbonyl (C=O) groups is 1. The molecule has 6 nitrogen and oxygen atoms in total. The minimum absolute atomic E-state index is 0.0642. The van der Waals surface area contributed by atoms with Gasteiger partial charge in [0.1, 0.15) is 17.1 Å². The predicted octanol–water partition coefficient (Wildman–Crippen LogP) is 4.74. The van der Waals surface area contributed by atoms with E-state index in [0.717, 1.165) is 11.1 Å². The Labute approximate surface area is 200 Å². The maximum absolute atomic E-state index is 13.8. The summed E-state index contributed by atoms with van der Waals surface area (Å²) in [6.45, 7) is 5.31. The van der Waals surface area contributed by atoms with E-state index in [4.69, 9.17) is 0 Å². The Bertz CT molecular complexity index is 1360. The summed E-state index contributed by atoms with van der Waals surface area (Å²) in [5.74, 6) is -0.732. The Balaban J connectivity index is 1.38. The van der Waals surface area contributed by atoms with Crippen LogP contribution in [0, 0.1) is 12.7 Å². The third-order valence-electron chi connectivity index (χ3n) is 6.24. The summed E-state index contributed by atoms with van der Waals surface area (Å²) in [6, 6.07) is 15.0. The first-order chi connectivity index (χ1) is 16.9. The number of benzene rings is 2. The van der Waals surface area contributed by atoms with Gasteiger partial charge in [0, 0.05) is 38.3 Å². The van der Waals surface area contributed by atoms with Crippen LogP contribution in [0.25, 0.3) is 16.9 Å². The lowest BCUT2D eigenvalue weighted by atomic mass is 10.1. The number of halogens is 3. The van der Waals surface area contributed by atoms with Gasteiger partial charge in [0.25, 0.3) is 12.3 Å². The predicted molar refractivity (Wildman–Crippen MR) is 126 cm³/mol. The van der Waals surface area contributed by atoms with Crippen molar-refractivity contribution in [1.82, 2.24) is 24.4 Å². The van der Waals surface area contributed by atoms with Crippen molar-refractivity contribution in [3.05, 3.63) is 89.0 Å². The molecule has 2 aromatic carbocycles. The van der Waals surface area contributed by atoms with E-state index in [1.807, 2.05) is 6.07 Å². The van der Waals surface area contributed by atoms with Gasteiger partial charge in [-0.15, -0.1) is 0 Å². The molecule has 0 spiro atoms. The molecule has 4 aromatic rings. The monoisotopic (exact) mass is 479 g/mol. The molecule has 0 bridgehead atoms. The number of fused-ring (bicyclic) bond motifs is 1. The van der Waals surface area contributed by atoms with Gasteiger partial charge in [-0.05, 0) is 42.8 Å². The molecule has 35 heavy (non-hydrogen) atoms. The van der Waals surface area contributed by atoms with Gasteiger partial charge in [-0.2, -0.15) is 5.10 Å². The fourth-order valence-corrected chi connectivity index (χ4v) is 4.41. The topological polar surface area (TPSA) is 53.7 Å². The molecule has 0 atom stereocenters. The number of hydrogen-bond acceptors (Lipinski definition) is 4. The van der Waals surface area contributed by atoms with Crippen LogP contribution >= 0.6 is 0 Å². The SMILES string of the molecule is Cc1cccc(CN2CCN(C(=O)c3cnn4c(C(F)F)cc(-c5ccc(F)cc5)nc34)CC2)c1.